The van der Waals surface area contributed by atoms with Gasteiger partial charge in [-0.05, 0) is 36.1 Å². The minimum Gasteiger partial charge on any atom is -0.305 e. The van der Waals surface area contributed by atoms with E-state index in [4.69, 9.17) is 10.8 Å². The van der Waals surface area contributed by atoms with Crippen LogP contribution in [-0.2, 0) is 5.41 Å². The van der Waals surface area contributed by atoms with E-state index in [0.29, 0.717) is 0 Å². The van der Waals surface area contributed by atoms with E-state index in [1.165, 1.54) is 13.8 Å². The molecule has 2 aromatic rings. The molecule has 0 saturated carbocycles. The number of rotatable bonds is 4. The Morgan fingerprint density at radius 3 is 1.04 bits per heavy atom. The van der Waals surface area contributed by atoms with E-state index in [1.54, 1.807) is 0 Å². The van der Waals surface area contributed by atoms with Crippen molar-refractivity contribution < 1.29 is 26.3 Å². The van der Waals surface area contributed by atoms with E-state index in [1.807, 2.05) is 0 Å². The van der Waals surface area contributed by atoms with E-state index in [0.717, 1.165) is 48.5 Å². The predicted octanol–water partition coefficient (Wildman–Crippen LogP) is 5.87. The van der Waals surface area contributed by atoms with Crippen molar-refractivity contribution in [2.45, 2.75) is 31.6 Å². The Hall–Kier alpha value is -2.64. The lowest BCUT2D eigenvalue weighted by molar-refractivity contribution is -0.288. The molecular weight excluding hydrogens is 370 g/mol. The van der Waals surface area contributed by atoms with Crippen molar-refractivity contribution in [2.75, 3.05) is 0 Å². The van der Waals surface area contributed by atoms with Crippen LogP contribution in [0.1, 0.15) is 36.1 Å². The molecule has 0 amide bonds. The van der Waals surface area contributed by atoms with Crippen LogP contribution in [0, 0.1) is 10.8 Å². The molecule has 0 radical (unpaired) electrons. The Morgan fingerprint density at radius 1 is 0.593 bits per heavy atom. The van der Waals surface area contributed by atoms with Gasteiger partial charge in [0, 0.05) is 11.4 Å². The molecule has 0 aliphatic rings. The van der Waals surface area contributed by atoms with Gasteiger partial charge in [0.05, 0.1) is 0 Å². The Kier molecular flexibility index (Phi) is 5.23. The first kappa shape index (κ1) is 20.7. The molecule has 0 spiro atoms. The van der Waals surface area contributed by atoms with E-state index in [9.17, 15) is 26.3 Å². The second-order valence-corrected chi connectivity index (χ2v) is 6.15. The fourth-order valence-corrected chi connectivity index (χ4v) is 2.92. The molecule has 0 aliphatic heterocycles. The second-order valence-electron chi connectivity index (χ2n) is 6.15. The standard InChI is InChI=1S/C19H16F6N2/c1-11(26)13-3-7-15(8-4-13)17(18(20,21)22,19(23,24)25)16-9-5-14(6-10-16)12(2)27/h3-10,26-27H,1-2H3. The normalized spacial score (nSPS) is 12.7. The van der Waals surface area contributed by atoms with Crippen LogP contribution in [-0.4, -0.2) is 23.8 Å². The Balaban J connectivity index is 2.82. The van der Waals surface area contributed by atoms with Gasteiger partial charge >= 0.3 is 12.4 Å². The first-order valence-electron chi connectivity index (χ1n) is 7.78. The number of alkyl halides is 6. The summed E-state index contributed by atoms with van der Waals surface area (Å²) < 4.78 is 83.7. The predicted molar refractivity (Wildman–Crippen MR) is 90.8 cm³/mol. The minimum absolute atomic E-state index is 0.0250. The first-order valence-corrected chi connectivity index (χ1v) is 7.78. The highest BCUT2D eigenvalue weighted by Crippen LogP contribution is 2.56. The van der Waals surface area contributed by atoms with Crippen molar-refractivity contribution in [3.05, 3.63) is 70.8 Å². The molecule has 0 fully saturated rings. The Bertz CT molecular complexity index is 772. The van der Waals surface area contributed by atoms with Crippen molar-refractivity contribution in [1.82, 2.24) is 0 Å². The minimum atomic E-state index is -5.66. The summed E-state index contributed by atoms with van der Waals surface area (Å²) in [6.45, 7) is 2.77. The van der Waals surface area contributed by atoms with Gasteiger partial charge in [-0.1, -0.05) is 48.5 Å². The number of hydrogen-bond donors (Lipinski definition) is 2. The molecule has 0 bridgehead atoms. The molecule has 2 aromatic carbocycles. The first-order chi connectivity index (χ1) is 12.3. The molecule has 2 rings (SSSR count). The van der Waals surface area contributed by atoms with Crippen LogP contribution in [0.15, 0.2) is 48.5 Å². The van der Waals surface area contributed by atoms with Crippen LogP contribution in [0.25, 0.3) is 0 Å². The quantitative estimate of drug-likeness (QED) is 0.488. The summed E-state index contributed by atoms with van der Waals surface area (Å²) >= 11 is 0. The van der Waals surface area contributed by atoms with Gasteiger partial charge in [-0.25, -0.2) is 0 Å². The monoisotopic (exact) mass is 386 g/mol. The molecule has 0 saturated heterocycles. The van der Waals surface area contributed by atoms with Gasteiger partial charge in [-0.15, -0.1) is 0 Å². The molecule has 2 nitrogen and oxygen atoms in total. The van der Waals surface area contributed by atoms with Gasteiger partial charge in [0.25, 0.3) is 0 Å². The lowest BCUT2D eigenvalue weighted by Gasteiger charge is -2.38. The largest absolute Gasteiger partial charge is 0.411 e. The van der Waals surface area contributed by atoms with Gasteiger partial charge in [0.2, 0.25) is 5.41 Å². The zero-order chi connectivity index (χ0) is 20.6. The van der Waals surface area contributed by atoms with Crippen LogP contribution in [0.3, 0.4) is 0 Å². The summed E-state index contributed by atoms with van der Waals surface area (Å²) in [5.41, 5.74) is -5.67. The Labute approximate surface area is 151 Å². The Morgan fingerprint density at radius 2 is 0.852 bits per heavy atom. The molecule has 2 N–H and O–H groups in total. The highest BCUT2D eigenvalue weighted by atomic mass is 19.4. The maximum Gasteiger partial charge on any atom is 0.411 e. The summed E-state index contributed by atoms with van der Waals surface area (Å²) in [6.07, 6.45) is -11.3. The zero-order valence-electron chi connectivity index (χ0n) is 14.4. The second kappa shape index (κ2) is 6.83. The molecule has 0 aliphatic carbocycles. The highest BCUT2D eigenvalue weighted by Gasteiger charge is 2.72. The summed E-state index contributed by atoms with van der Waals surface area (Å²) in [5.74, 6) is 0. The third-order valence-electron chi connectivity index (χ3n) is 4.35. The number of hydrogen-bond acceptors (Lipinski definition) is 2. The zero-order valence-corrected chi connectivity index (χ0v) is 14.4. The van der Waals surface area contributed by atoms with Crippen molar-refractivity contribution in [2.24, 2.45) is 0 Å². The van der Waals surface area contributed by atoms with Crippen LogP contribution in [0.2, 0.25) is 0 Å². The van der Waals surface area contributed by atoms with Crippen molar-refractivity contribution in [3.8, 4) is 0 Å². The summed E-state index contributed by atoms with van der Waals surface area (Å²) in [6, 6.07) is 7.29. The summed E-state index contributed by atoms with van der Waals surface area (Å²) in [7, 11) is 0. The van der Waals surface area contributed by atoms with Crippen LogP contribution < -0.4 is 0 Å². The fourth-order valence-electron chi connectivity index (χ4n) is 2.92. The van der Waals surface area contributed by atoms with Crippen LogP contribution in [0.5, 0.6) is 0 Å². The maximum atomic E-state index is 14.0. The molecule has 0 atom stereocenters. The van der Waals surface area contributed by atoms with Gasteiger partial charge in [-0.2, -0.15) is 26.3 Å². The average Bonchev–Trinajstić information content (AvgIpc) is 2.53. The van der Waals surface area contributed by atoms with E-state index in [2.05, 4.69) is 0 Å². The molecular formula is C19H16F6N2. The highest BCUT2D eigenvalue weighted by molar-refractivity contribution is 5.96. The van der Waals surface area contributed by atoms with Crippen molar-refractivity contribution in [1.29, 1.82) is 10.8 Å². The molecule has 0 unspecified atom stereocenters. The topological polar surface area (TPSA) is 47.7 Å². The van der Waals surface area contributed by atoms with E-state index < -0.39 is 28.9 Å². The van der Waals surface area contributed by atoms with Crippen LogP contribution >= 0.6 is 0 Å². The maximum absolute atomic E-state index is 14.0. The third-order valence-corrected chi connectivity index (χ3v) is 4.35. The molecule has 27 heavy (non-hydrogen) atoms. The lowest BCUT2D eigenvalue weighted by atomic mass is 9.72. The molecule has 0 heterocycles. The van der Waals surface area contributed by atoms with Gasteiger partial charge in [0.15, 0.2) is 0 Å². The SMILES string of the molecule is CC(=N)c1ccc(C(c2ccc(C(C)=N)cc2)(C(F)(F)F)C(F)(F)F)cc1. The lowest BCUT2D eigenvalue weighted by Crippen LogP contribution is -2.54. The van der Waals surface area contributed by atoms with E-state index >= 15 is 0 Å². The number of nitrogens with one attached hydrogen (secondary N) is 2. The summed E-state index contributed by atoms with van der Waals surface area (Å²) in [4.78, 5) is 0. The van der Waals surface area contributed by atoms with Gasteiger partial charge < -0.3 is 10.8 Å². The molecule has 144 valence electrons. The molecule has 0 aromatic heterocycles. The molecule has 8 heteroatoms. The van der Waals surface area contributed by atoms with Gasteiger partial charge in [-0.3, -0.25) is 0 Å². The van der Waals surface area contributed by atoms with Crippen molar-refractivity contribution in [3.63, 3.8) is 0 Å². The number of halogens is 6. The van der Waals surface area contributed by atoms with E-state index in [-0.39, 0.29) is 22.6 Å². The third kappa shape index (κ3) is 3.48. The van der Waals surface area contributed by atoms with Crippen LogP contribution in [0.4, 0.5) is 26.3 Å². The fraction of sp³-hybridized carbons (Fsp3) is 0.263. The summed E-state index contributed by atoms with van der Waals surface area (Å²) in [5, 5.41) is 14.9. The number of benzene rings is 2. The van der Waals surface area contributed by atoms with Crippen molar-refractivity contribution >= 4 is 11.4 Å². The smallest absolute Gasteiger partial charge is 0.305 e. The average molecular weight is 386 g/mol. The van der Waals surface area contributed by atoms with Gasteiger partial charge in [0.1, 0.15) is 0 Å².